The highest BCUT2D eigenvalue weighted by molar-refractivity contribution is 9.10. The fraction of sp³-hybridized carbons (Fsp3) is 0.188. The van der Waals surface area contributed by atoms with Gasteiger partial charge in [0, 0.05) is 10.0 Å². The highest BCUT2D eigenvalue weighted by Crippen LogP contribution is 2.31. The number of aromatic nitrogens is 1. The molecule has 0 fully saturated rings. The predicted molar refractivity (Wildman–Crippen MR) is 87.3 cm³/mol. The van der Waals surface area contributed by atoms with Crippen molar-refractivity contribution in [3.05, 3.63) is 40.9 Å². The van der Waals surface area contributed by atoms with Crippen molar-refractivity contribution in [3.8, 4) is 17.2 Å². The van der Waals surface area contributed by atoms with E-state index < -0.39 is 0 Å². The number of nitrogens with zero attached hydrogens (tertiary/aromatic N) is 1. The summed E-state index contributed by atoms with van der Waals surface area (Å²) in [5.74, 6) is 1.35. The van der Waals surface area contributed by atoms with E-state index in [0.29, 0.717) is 23.8 Å². The van der Waals surface area contributed by atoms with Gasteiger partial charge in [0.25, 0.3) is 0 Å². The van der Waals surface area contributed by atoms with Crippen LogP contribution >= 0.6 is 15.9 Å². The number of ether oxygens (including phenoxy) is 1. The van der Waals surface area contributed by atoms with Gasteiger partial charge >= 0.3 is 0 Å². The normalized spacial score (nSPS) is 11.0. The van der Waals surface area contributed by atoms with Crippen molar-refractivity contribution in [2.75, 3.05) is 12.3 Å². The second-order valence-corrected chi connectivity index (χ2v) is 5.65. The van der Waals surface area contributed by atoms with Gasteiger partial charge in [0.15, 0.2) is 5.58 Å². The van der Waals surface area contributed by atoms with Crippen LogP contribution < -0.4 is 10.5 Å². The molecule has 0 aliphatic heterocycles. The molecule has 3 aromatic rings. The molecule has 0 aliphatic carbocycles. The SMILES string of the molecule is CCCOc1cccc(-c2nc3cc(Br)cc(N)c3o2)c1. The number of benzene rings is 2. The summed E-state index contributed by atoms with van der Waals surface area (Å²) in [4.78, 5) is 4.49. The van der Waals surface area contributed by atoms with Crippen molar-refractivity contribution < 1.29 is 9.15 Å². The molecule has 0 atom stereocenters. The first-order valence-corrected chi connectivity index (χ1v) is 7.55. The fourth-order valence-corrected chi connectivity index (χ4v) is 2.55. The lowest BCUT2D eigenvalue weighted by atomic mass is 10.2. The molecule has 2 N–H and O–H groups in total. The lowest BCUT2D eigenvalue weighted by Crippen LogP contribution is -1.94. The highest BCUT2D eigenvalue weighted by Gasteiger charge is 2.12. The zero-order valence-electron chi connectivity index (χ0n) is 11.6. The second-order valence-electron chi connectivity index (χ2n) is 4.74. The fourth-order valence-electron chi connectivity index (χ4n) is 2.09. The zero-order valence-corrected chi connectivity index (χ0v) is 13.2. The molecule has 21 heavy (non-hydrogen) atoms. The third-order valence-corrected chi connectivity index (χ3v) is 3.50. The minimum atomic E-state index is 0.539. The Kier molecular flexibility index (Phi) is 3.84. The maximum Gasteiger partial charge on any atom is 0.227 e. The molecule has 0 bridgehead atoms. The van der Waals surface area contributed by atoms with E-state index in [9.17, 15) is 0 Å². The largest absolute Gasteiger partial charge is 0.494 e. The first-order valence-electron chi connectivity index (χ1n) is 6.76. The standard InChI is InChI=1S/C16H15BrN2O2/c1-2-6-20-12-5-3-4-10(7-12)16-19-14-9-11(17)8-13(18)15(14)21-16/h3-5,7-9H,2,6,18H2,1H3. The van der Waals surface area contributed by atoms with Crippen LogP contribution in [0.1, 0.15) is 13.3 Å². The summed E-state index contributed by atoms with van der Waals surface area (Å²) in [6.45, 7) is 2.77. The number of fused-ring (bicyclic) bond motifs is 1. The number of nitrogen functional groups attached to an aromatic ring is 1. The molecular weight excluding hydrogens is 332 g/mol. The maximum atomic E-state index is 5.96. The average Bonchev–Trinajstić information content (AvgIpc) is 2.89. The zero-order chi connectivity index (χ0) is 14.8. The van der Waals surface area contributed by atoms with E-state index >= 15 is 0 Å². The van der Waals surface area contributed by atoms with E-state index in [0.717, 1.165) is 27.7 Å². The Hall–Kier alpha value is -2.01. The van der Waals surface area contributed by atoms with Gasteiger partial charge in [-0.3, -0.25) is 0 Å². The predicted octanol–water partition coefficient (Wildman–Crippen LogP) is 4.63. The van der Waals surface area contributed by atoms with Crippen LogP contribution in [0.4, 0.5) is 5.69 Å². The number of rotatable bonds is 4. The highest BCUT2D eigenvalue weighted by atomic mass is 79.9. The minimum Gasteiger partial charge on any atom is -0.494 e. The number of hydrogen-bond acceptors (Lipinski definition) is 4. The van der Waals surface area contributed by atoms with E-state index in [2.05, 4.69) is 27.8 Å². The van der Waals surface area contributed by atoms with Crippen LogP contribution in [0.3, 0.4) is 0 Å². The van der Waals surface area contributed by atoms with Crippen LogP contribution in [0.2, 0.25) is 0 Å². The molecular formula is C16H15BrN2O2. The van der Waals surface area contributed by atoms with E-state index in [1.807, 2.05) is 30.3 Å². The lowest BCUT2D eigenvalue weighted by Gasteiger charge is -2.04. The lowest BCUT2D eigenvalue weighted by molar-refractivity contribution is 0.317. The van der Waals surface area contributed by atoms with Gasteiger partial charge in [-0.25, -0.2) is 4.98 Å². The van der Waals surface area contributed by atoms with E-state index in [4.69, 9.17) is 14.9 Å². The quantitative estimate of drug-likeness (QED) is 0.699. The van der Waals surface area contributed by atoms with Crippen molar-refractivity contribution >= 4 is 32.7 Å². The van der Waals surface area contributed by atoms with Gasteiger partial charge in [-0.1, -0.05) is 28.9 Å². The summed E-state index contributed by atoms with van der Waals surface area (Å²) < 4.78 is 12.3. The third kappa shape index (κ3) is 2.88. The summed E-state index contributed by atoms with van der Waals surface area (Å²) in [6.07, 6.45) is 0.970. The van der Waals surface area contributed by atoms with Crippen LogP contribution in [0.25, 0.3) is 22.6 Å². The van der Waals surface area contributed by atoms with Crippen LogP contribution in [-0.4, -0.2) is 11.6 Å². The maximum absolute atomic E-state index is 5.96. The summed E-state index contributed by atoms with van der Waals surface area (Å²) in [5.41, 5.74) is 8.73. The minimum absolute atomic E-state index is 0.539. The molecule has 1 aromatic heterocycles. The van der Waals surface area contributed by atoms with Crippen LogP contribution in [0.15, 0.2) is 45.3 Å². The van der Waals surface area contributed by atoms with Gasteiger partial charge < -0.3 is 14.9 Å². The Morgan fingerprint density at radius 1 is 1.29 bits per heavy atom. The molecule has 5 heteroatoms. The topological polar surface area (TPSA) is 61.3 Å². The summed E-state index contributed by atoms with van der Waals surface area (Å²) in [5, 5.41) is 0. The van der Waals surface area contributed by atoms with E-state index in [1.165, 1.54) is 0 Å². The molecule has 2 aromatic carbocycles. The Morgan fingerprint density at radius 2 is 2.14 bits per heavy atom. The van der Waals surface area contributed by atoms with Gasteiger partial charge in [-0.2, -0.15) is 0 Å². The molecule has 1 heterocycles. The number of nitrogens with two attached hydrogens (primary N) is 1. The Bertz CT molecular complexity index is 783. The summed E-state index contributed by atoms with van der Waals surface area (Å²) >= 11 is 3.41. The molecule has 108 valence electrons. The molecule has 4 nitrogen and oxygen atoms in total. The molecule has 0 radical (unpaired) electrons. The van der Waals surface area contributed by atoms with Gasteiger partial charge in [-0.15, -0.1) is 0 Å². The number of hydrogen-bond donors (Lipinski definition) is 1. The van der Waals surface area contributed by atoms with Crippen LogP contribution in [-0.2, 0) is 0 Å². The van der Waals surface area contributed by atoms with E-state index in [1.54, 1.807) is 6.07 Å². The van der Waals surface area contributed by atoms with Crippen LogP contribution in [0.5, 0.6) is 5.75 Å². The van der Waals surface area contributed by atoms with Gasteiger partial charge in [-0.05, 0) is 36.8 Å². The first-order chi connectivity index (χ1) is 10.2. The molecule has 0 saturated carbocycles. The molecule has 0 unspecified atom stereocenters. The Labute approximate surface area is 131 Å². The van der Waals surface area contributed by atoms with Gasteiger partial charge in [0.2, 0.25) is 5.89 Å². The first kappa shape index (κ1) is 13.9. The van der Waals surface area contributed by atoms with Crippen molar-refractivity contribution in [1.82, 2.24) is 4.98 Å². The average molecular weight is 347 g/mol. The van der Waals surface area contributed by atoms with Crippen molar-refractivity contribution in [2.45, 2.75) is 13.3 Å². The number of halogens is 1. The third-order valence-electron chi connectivity index (χ3n) is 3.04. The summed E-state index contributed by atoms with van der Waals surface area (Å²) in [7, 11) is 0. The Morgan fingerprint density at radius 3 is 2.95 bits per heavy atom. The van der Waals surface area contributed by atoms with E-state index in [-0.39, 0.29) is 0 Å². The smallest absolute Gasteiger partial charge is 0.227 e. The second kappa shape index (κ2) is 5.77. The van der Waals surface area contributed by atoms with Gasteiger partial charge in [0.1, 0.15) is 11.3 Å². The molecule has 3 rings (SSSR count). The monoisotopic (exact) mass is 346 g/mol. The van der Waals surface area contributed by atoms with Crippen molar-refractivity contribution in [3.63, 3.8) is 0 Å². The van der Waals surface area contributed by atoms with Crippen LogP contribution in [0, 0.1) is 0 Å². The van der Waals surface area contributed by atoms with Gasteiger partial charge in [0.05, 0.1) is 12.3 Å². The molecule has 0 spiro atoms. The molecule has 0 amide bonds. The molecule has 0 saturated heterocycles. The Balaban J connectivity index is 2.02. The number of oxazole rings is 1. The summed E-state index contributed by atoms with van der Waals surface area (Å²) in [6, 6.07) is 11.4. The van der Waals surface area contributed by atoms with Crippen molar-refractivity contribution in [2.24, 2.45) is 0 Å². The van der Waals surface area contributed by atoms with Crippen molar-refractivity contribution in [1.29, 1.82) is 0 Å². The number of anilines is 1. The molecule has 0 aliphatic rings.